The zero-order valence-corrected chi connectivity index (χ0v) is 19.7. The van der Waals surface area contributed by atoms with Crippen molar-refractivity contribution in [3.05, 3.63) is 89.9 Å². The van der Waals surface area contributed by atoms with Crippen molar-refractivity contribution in [2.24, 2.45) is 5.92 Å². The molecule has 0 N–H and O–H groups in total. The maximum atomic E-state index is 13.4. The number of rotatable bonds is 7. The fraction of sp³-hybridized carbons (Fsp3) is 0.286. The zero-order valence-electron chi connectivity index (χ0n) is 19.7. The van der Waals surface area contributed by atoms with Crippen LogP contribution < -0.4 is 9.47 Å². The molecule has 1 amide bonds. The van der Waals surface area contributed by atoms with Crippen molar-refractivity contribution >= 4 is 16.9 Å². The summed E-state index contributed by atoms with van der Waals surface area (Å²) in [7, 11) is 1.57. The molecule has 1 fully saturated rings. The summed E-state index contributed by atoms with van der Waals surface area (Å²) in [4.78, 5) is 19.5. The second-order valence-corrected chi connectivity index (χ2v) is 8.66. The third kappa shape index (κ3) is 5.46. The average molecular weight is 473 g/mol. The van der Waals surface area contributed by atoms with Crippen molar-refractivity contribution < 1.29 is 23.4 Å². The third-order valence-corrected chi connectivity index (χ3v) is 6.18. The molecule has 5 rings (SSSR count). The molecule has 0 unspecified atom stereocenters. The summed E-state index contributed by atoms with van der Waals surface area (Å²) in [6, 6.07) is 19.2. The van der Waals surface area contributed by atoms with Crippen molar-refractivity contribution in [3.63, 3.8) is 0 Å². The van der Waals surface area contributed by atoms with Crippen LogP contribution in [0.2, 0.25) is 0 Å². The molecule has 7 heteroatoms. The number of amides is 1. The van der Waals surface area contributed by atoms with Crippen molar-refractivity contribution in [1.82, 2.24) is 9.88 Å². The molecule has 3 heterocycles. The SMILES string of the molecule is COc1cc(C(=O)N2CCOC[C@H](Cc3ccc4ccoc4c3)C2)ccc1OCc1ccccn1. The van der Waals surface area contributed by atoms with Gasteiger partial charge in [-0.15, -0.1) is 0 Å². The Labute approximate surface area is 204 Å². The lowest BCUT2D eigenvalue weighted by Crippen LogP contribution is -2.36. The average Bonchev–Trinajstić information content (AvgIpc) is 3.24. The number of fused-ring (bicyclic) bond motifs is 1. The first-order valence-corrected chi connectivity index (χ1v) is 11.7. The Morgan fingerprint density at radius 1 is 1.11 bits per heavy atom. The van der Waals surface area contributed by atoms with E-state index in [-0.39, 0.29) is 11.8 Å². The Hall–Kier alpha value is -3.84. The van der Waals surface area contributed by atoms with Gasteiger partial charge in [-0.1, -0.05) is 18.2 Å². The van der Waals surface area contributed by atoms with Crippen LogP contribution in [0.1, 0.15) is 21.6 Å². The standard InChI is InChI=1S/C28H28N2O5/c1-32-27-16-23(7-8-25(27)35-19-24-4-2-3-10-29-24)28(31)30-11-13-33-18-21(17-30)14-20-5-6-22-9-12-34-26(22)15-20/h2-10,12,15-16,21H,11,13-14,17-19H2,1H3/t21-/m1/s1. The van der Waals surface area contributed by atoms with Gasteiger partial charge < -0.3 is 23.5 Å². The van der Waals surface area contributed by atoms with E-state index in [1.165, 1.54) is 5.56 Å². The summed E-state index contributed by atoms with van der Waals surface area (Å²) in [6.07, 6.45) is 4.24. The fourth-order valence-electron chi connectivity index (χ4n) is 4.39. The van der Waals surface area contributed by atoms with Gasteiger partial charge in [0.25, 0.3) is 5.91 Å². The van der Waals surface area contributed by atoms with Gasteiger partial charge in [0.2, 0.25) is 0 Å². The Balaban J connectivity index is 1.27. The topological polar surface area (TPSA) is 74.0 Å². The molecule has 1 saturated heterocycles. The Kier molecular flexibility index (Phi) is 6.95. The molecule has 0 radical (unpaired) electrons. The number of carbonyl (C=O) groups is 1. The summed E-state index contributed by atoms with van der Waals surface area (Å²) in [5.74, 6) is 1.23. The van der Waals surface area contributed by atoms with Crippen LogP contribution in [0, 0.1) is 5.92 Å². The van der Waals surface area contributed by atoms with E-state index in [1.54, 1.807) is 37.8 Å². The van der Waals surface area contributed by atoms with E-state index in [2.05, 4.69) is 23.2 Å². The van der Waals surface area contributed by atoms with Gasteiger partial charge in [0.05, 0.1) is 32.3 Å². The molecule has 0 bridgehead atoms. The zero-order chi connectivity index (χ0) is 24.0. The first-order chi connectivity index (χ1) is 17.2. The highest BCUT2D eigenvalue weighted by molar-refractivity contribution is 5.95. The number of hydrogen-bond donors (Lipinski definition) is 0. The maximum absolute atomic E-state index is 13.4. The van der Waals surface area contributed by atoms with Crippen molar-refractivity contribution in [1.29, 1.82) is 0 Å². The molecule has 0 saturated carbocycles. The summed E-state index contributed by atoms with van der Waals surface area (Å²) in [5, 5.41) is 1.09. The van der Waals surface area contributed by atoms with E-state index in [1.807, 2.05) is 29.2 Å². The van der Waals surface area contributed by atoms with Gasteiger partial charge in [-0.2, -0.15) is 0 Å². The van der Waals surface area contributed by atoms with E-state index < -0.39 is 0 Å². The molecule has 4 aromatic rings. The van der Waals surface area contributed by atoms with Gasteiger partial charge in [0.1, 0.15) is 12.2 Å². The molecule has 1 aliphatic rings. The largest absolute Gasteiger partial charge is 0.493 e. The first-order valence-electron chi connectivity index (χ1n) is 11.7. The number of hydrogen-bond acceptors (Lipinski definition) is 6. The number of benzene rings is 2. The van der Waals surface area contributed by atoms with Crippen LogP contribution in [0.3, 0.4) is 0 Å². The van der Waals surface area contributed by atoms with Crippen LogP contribution in [0.4, 0.5) is 0 Å². The van der Waals surface area contributed by atoms with Crippen molar-refractivity contribution in [2.75, 3.05) is 33.4 Å². The number of aromatic nitrogens is 1. The number of pyridine rings is 1. The van der Waals surface area contributed by atoms with E-state index in [4.69, 9.17) is 18.6 Å². The molecular weight excluding hydrogens is 444 g/mol. The van der Waals surface area contributed by atoms with Crippen LogP contribution in [0.5, 0.6) is 11.5 Å². The van der Waals surface area contributed by atoms with Gasteiger partial charge in [0.15, 0.2) is 11.5 Å². The summed E-state index contributed by atoms with van der Waals surface area (Å²) >= 11 is 0. The van der Waals surface area contributed by atoms with E-state index in [9.17, 15) is 4.79 Å². The molecule has 2 aromatic heterocycles. The highest BCUT2D eigenvalue weighted by Crippen LogP contribution is 2.30. The number of furan rings is 1. The van der Waals surface area contributed by atoms with Crippen LogP contribution in [0.15, 0.2) is 77.5 Å². The predicted octanol–water partition coefficient (Wildman–Crippen LogP) is 4.75. The minimum absolute atomic E-state index is 0.0448. The number of ether oxygens (including phenoxy) is 3. The lowest BCUT2D eigenvalue weighted by atomic mass is 9.98. The van der Waals surface area contributed by atoms with Crippen molar-refractivity contribution in [2.45, 2.75) is 13.0 Å². The van der Waals surface area contributed by atoms with Gasteiger partial charge in [-0.25, -0.2) is 0 Å². The second-order valence-electron chi connectivity index (χ2n) is 8.66. The smallest absolute Gasteiger partial charge is 0.254 e. The van der Waals surface area contributed by atoms with Gasteiger partial charge in [0, 0.05) is 36.2 Å². The van der Waals surface area contributed by atoms with Crippen molar-refractivity contribution in [3.8, 4) is 11.5 Å². The third-order valence-electron chi connectivity index (χ3n) is 6.18. The van der Waals surface area contributed by atoms with E-state index in [0.717, 1.165) is 23.1 Å². The molecular formula is C28H28N2O5. The van der Waals surface area contributed by atoms with E-state index in [0.29, 0.717) is 50.0 Å². The molecule has 1 aliphatic heterocycles. The van der Waals surface area contributed by atoms with Crippen LogP contribution in [0.25, 0.3) is 11.0 Å². The van der Waals surface area contributed by atoms with E-state index >= 15 is 0 Å². The minimum Gasteiger partial charge on any atom is -0.493 e. The maximum Gasteiger partial charge on any atom is 0.254 e. The summed E-state index contributed by atoms with van der Waals surface area (Å²) in [6.45, 7) is 2.62. The van der Waals surface area contributed by atoms with Crippen LogP contribution in [-0.4, -0.2) is 49.2 Å². The lowest BCUT2D eigenvalue weighted by molar-refractivity contribution is 0.0737. The Morgan fingerprint density at radius 3 is 2.91 bits per heavy atom. The number of methoxy groups -OCH3 is 1. The lowest BCUT2D eigenvalue weighted by Gasteiger charge is -2.24. The molecule has 7 nitrogen and oxygen atoms in total. The predicted molar refractivity (Wildman–Crippen MR) is 132 cm³/mol. The summed E-state index contributed by atoms with van der Waals surface area (Å²) < 4.78 is 22.8. The molecule has 0 spiro atoms. The van der Waals surface area contributed by atoms with Gasteiger partial charge >= 0.3 is 0 Å². The second kappa shape index (κ2) is 10.6. The monoisotopic (exact) mass is 472 g/mol. The normalized spacial score (nSPS) is 16.1. The molecule has 1 atom stereocenters. The molecule has 0 aliphatic carbocycles. The molecule has 2 aromatic carbocycles. The van der Waals surface area contributed by atoms with Gasteiger partial charge in [-0.3, -0.25) is 9.78 Å². The number of carbonyl (C=O) groups excluding carboxylic acids is 1. The first kappa shape index (κ1) is 22.9. The quantitative estimate of drug-likeness (QED) is 0.387. The van der Waals surface area contributed by atoms with Gasteiger partial charge in [-0.05, 0) is 54.4 Å². The minimum atomic E-state index is -0.0448. The molecule has 35 heavy (non-hydrogen) atoms. The Bertz CT molecular complexity index is 1290. The number of nitrogens with zero attached hydrogens (tertiary/aromatic N) is 2. The molecule has 180 valence electrons. The Morgan fingerprint density at radius 2 is 2.06 bits per heavy atom. The van der Waals surface area contributed by atoms with Crippen LogP contribution >= 0.6 is 0 Å². The van der Waals surface area contributed by atoms with Crippen LogP contribution in [-0.2, 0) is 17.8 Å². The summed E-state index contributed by atoms with van der Waals surface area (Å²) in [5.41, 5.74) is 3.43. The highest BCUT2D eigenvalue weighted by atomic mass is 16.5. The fourth-order valence-corrected chi connectivity index (χ4v) is 4.39. The highest BCUT2D eigenvalue weighted by Gasteiger charge is 2.25.